The van der Waals surface area contributed by atoms with Gasteiger partial charge in [0.2, 0.25) is 5.91 Å². The van der Waals surface area contributed by atoms with Gasteiger partial charge in [0.25, 0.3) is 0 Å². The van der Waals surface area contributed by atoms with E-state index in [1.54, 1.807) is 13.2 Å². The molecule has 2 aromatic rings. The molecule has 0 fully saturated rings. The zero-order valence-corrected chi connectivity index (χ0v) is 15.4. The van der Waals surface area contributed by atoms with Crippen molar-refractivity contribution in [3.63, 3.8) is 0 Å². The first kappa shape index (κ1) is 17.6. The van der Waals surface area contributed by atoms with Crippen LogP contribution in [-0.2, 0) is 11.2 Å². The van der Waals surface area contributed by atoms with Crippen LogP contribution in [0.3, 0.4) is 0 Å². The van der Waals surface area contributed by atoms with Crippen LogP contribution in [0.25, 0.3) is 0 Å². The number of ether oxygens (including phenoxy) is 2. The second kappa shape index (κ2) is 6.96. The maximum Gasteiger partial charge on any atom is 0.224 e. The highest BCUT2D eigenvalue weighted by molar-refractivity contribution is 6.31. The number of halogens is 1. The van der Waals surface area contributed by atoms with Gasteiger partial charge in [0.15, 0.2) is 0 Å². The monoisotopic (exact) mass is 359 g/mol. The Kier molecular flexibility index (Phi) is 4.91. The predicted molar refractivity (Wildman–Crippen MR) is 98.4 cm³/mol. The highest BCUT2D eigenvalue weighted by Gasteiger charge is 2.34. The van der Waals surface area contributed by atoms with Gasteiger partial charge in [-0.1, -0.05) is 29.8 Å². The van der Waals surface area contributed by atoms with Crippen molar-refractivity contribution in [2.24, 2.45) is 0 Å². The normalized spacial score (nSPS) is 18.0. The van der Waals surface area contributed by atoms with E-state index in [1.165, 1.54) is 0 Å². The van der Waals surface area contributed by atoms with Gasteiger partial charge in [-0.2, -0.15) is 0 Å². The van der Waals surface area contributed by atoms with Gasteiger partial charge < -0.3 is 14.8 Å². The number of nitrogens with one attached hydrogen (secondary N) is 1. The van der Waals surface area contributed by atoms with Crippen LogP contribution in [0.5, 0.6) is 11.5 Å². The summed E-state index contributed by atoms with van der Waals surface area (Å²) in [7, 11) is 1.62. The molecule has 0 radical (unpaired) electrons. The molecule has 1 heterocycles. The number of amides is 1. The van der Waals surface area contributed by atoms with E-state index in [2.05, 4.69) is 5.32 Å². The summed E-state index contributed by atoms with van der Waals surface area (Å²) in [6.45, 7) is 4.03. The van der Waals surface area contributed by atoms with Crippen molar-refractivity contribution in [1.29, 1.82) is 0 Å². The van der Waals surface area contributed by atoms with E-state index in [9.17, 15) is 4.79 Å². The molecule has 1 N–H and O–H groups in total. The average molecular weight is 360 g/mol. The van der Waals surface area contributed by atoms with Crippen LogP contribution in [0.2, 0.25) is 5.02 Å². The summed E-state index contributed by atoms with van der Waals surface area (Å²) in [6, 6.07) is 13.0. The molecule has 0 bridgehead atoms. The summed E-state index contributed by atoms with van der Waals surface area (Å²) in [5.41, 5.74) is 1.41. The van der Waals surface area contributed by atoms with Crippen LogP contribution in [0.1, 0.15) is 37.4 Å². The third-order valence-corrected chi connectivity index (χ3v) is 4.69. The lowest BCUT2D eigenvalue weighted by Gasteiger charge is -2.38. The molecule has 1 amide bonds. The predicted octanol–water partition coefficient (Wildman–Crippen LogP) is 4.31. The van der Waals surface area contributed by atoms with E-state index in [1.807, 2.05) is 50.2 Å². The molecule has 1 aliphatic rings. The first-order valence-electron chi connectivity index (χ1n) is 8.28. The van der Waals surface area contributed by atoms with Crippen LogP contribution in [-0.4, -0.2) is 18.6 Å². The molecule has 25 heavy (non-hydrogen) atoms. The van der Waals surface area contributed by atoms with Gasteiger partial charge in [0.05, 0.1) is 19.6 Å². The first-order valence-corrected chi connectivity index (χ1v) is 8.65. The summed E-state index contributed by atoms with van der Waals surface area (Å²) in [5, 5.41) is 3.73. The molecule has 1 unspecified atom stereocenters. The molecule has 132 valence electrons. The Balaban J connectivity index is 1.80. The number of hydrogen-bond acceptors (Lipinski definition) is 3. The number of methoxy groups -OCH3 is 1. The molecule has 0 saturated heterocycles. The van der Waals surface area contributed by atoms with Crippen molar-refractivity contribution in [3.05, 3.63) is 58.6 Å². The van der Waals surface area contributed by atoms with Crippen molar-refractivity contribution in [3.8, 4) is 11.5 Å². The number of benzene rings is 2. The molecule has 1 aliphatic heterocycles. The minimum Gasteiger partial charge on any atom is -0.497 e. The Hall–Kier alpha value is -2.20. The van der Waals surface area contributed by atoms with E-state index in [0.717, 1.165) is 22.6 Å². The van der Waals surface area contributed by atoms with Gasteiger partial charge in [-0.25, -0.2) is 0 Å². The van der Waals surface area contributed by atoms with E-state index >= 15 is 0 Å². The summed E-state index contributed by atoms with van der Waals surface area (Å²) in [4.78, 5) is 12.5. The van der Waals surface area contributed by atoms with Crippen molar-refractivity contribution in [2.75, 3.05) is 7.11 Å². The lowest BCUT2D eigenvalue weighted by molar-refractivity contribution is -0.121. The van der Waals surface area contributed by atoms with Crippen molar-refractivity contribution >= 4 is 17.5 Å². The molecule has 0 saturated carbocycles. The van der Waals surface area contributed by atoms with E-state index < -0.39 is 0 Å². The number of carbonyl (C=O) groups is 1. The summed E-state index contributed by atoms with van der Waals surface area (Å²) < 4.78 is 11.3. The van der Waals surface area contributed by atoms with Crippen molar-refractivity contribution in [1.82, 2.24) is 5.32 Å². The van der Waals surface area contributed by atoms with Gasteiger partial charge in [-0.3, -0.25) is 4.79 Å². The molecule has 5 heteroatoms. The van der Waals surface area contributed by atoms with E-state index in [0.29, 0.717) is 11.4 Å². The minimum atomic E-state index is -0.373. The molecule has 2 aromatic carbocycles. The van der Waals surface area contributed by atoms with Crippen LogP contribution in [0.15, 0.2) is 42.5 Å². The van der Waals surface area contributed by atoms with Crippen LogP contribution in [0.4, 0.5) is 0 Å². The van der Waals surface area contributed by atoms with Gasteiger partial charge in [-0.15, -0.1) is 0 Å². The van der Waals surface area contributed by atoms with E-state index in [4.69, 9.17) is 21.1 Å². The maximum absolute atomic E-state index is 12.5. The summed E-state index contributed by atoms with van der Waals surface area (Å²) in [5.74, 6) is 1.42. The van der Waals surface area contributed by atoms with Crippen molar-refractivity contribution < 1.29 is 14.3 Å². The zero-order valence-electron chi connectivity index (χ0n) is 14.6. The molecule has 0 aliphatic carbocycles. The molecule has 0 aromatic heterocycles. The first-order chi connectivity index (χ1) is 11.9. The van der Waals surface area contributed by atoms with Gasteiger partial charge in [0, 0.05) is 23.1 Å². The van der Waals surface area contributed by atoms with Crippen LogP contribution >= 0.6 is 11.6 Å². The molecule has 4 nitrogen and oxygen atoms in total. The largest absolute Gasteiger partial charge is 0.497 e. The lowest BCUT2D eigenvalue weighted by atomic mass is 9.89. The standard InChI is InChI=1S/C20H22ClNO3/c1-20(2)12-17(15-9-8-14(24-3)11-18(15)25-20)22-19(23)10-13-6-4-5-7-16(13)21/h4-9,11,17H,10,12H2,1-3H3,(H,22,23). The Morgan fingerprint density at radius 1 is 1.32 bits per heavy atom. The van der Waals surface area contributed by atoms with Crippen LogP contribution < -0.4 is 14.8 Å². The fraction of sp³-hybridized carbons (Fsp3) is 0.350. The Bertz CT molecular complexity index is 788. The highest BCUT2D eigenvalue weighted by atomic mass is 35.5. The minimum absolute atomic E-state index is 0.0578. The summed E-state index contributed by atoms with van der Waals surface area (Å²) >= 11 is 6.16. The number of hydrogen-bond donors (Lipinski definition) is 1. The average Bonchev–Trinajstić information content (AvgIpc) is 2.55. The third kappa shape index (κ3) is 4.07. The lowest BCUT2D eigenvalue weighted by Crippen LogP contribution is -2.41. The molecule has 1 atom stereocenters. The quantitative estimate of drug-likeness (QED) is 0.884. The Morgan fingerprint density at radius 2 is 2.08 bits per heavy atom. The van der Waals surface area contributed by atoms with Crippen molar-refractivity contribution in [2.45, 2.75) is 38.3 Å². The second-order valence-corrected chi connectivity index (χ2v) is 7.27. The fourth-order valence-electron chi connectivity index (χ4n) is 3.15. The van der Waals surface area contributed by atoms with Crippen LogP contribution in [0, 0.1) is 0 Å². The van der Waals surface area contributed by atoms with Gasteiger partial charge >= 0.3 is 0 Å². The van der Waals surface area contributed by atoms with Gasteiger partial charge in [0.1, 0.15) is 17.1 Å². The summed E-state index contributed by atoms with van der Waals surface area (Å²) in [6.07, 6.45) is 0.948. The number of carbonyl (C=O) groups excluding carboxylic acids is 1. The second-order valence-electron chi connectivity index (χ2n) is 6.86. The number of fused-ring (bicyclic) bond motifs is 1. The molecular formula is C20H22ClNO3. The smallest absolute Gasteiger partial charge is 0.224 e. The fourth-order valence-corrected chi connectivity index (χ4v) is 3.35. The molecule has 0 spiro atoms. The SMILES string of the molecule is COc1ccc2c(c1)OC(C)(C)CC2NC(=O)Cc1ccccc1Cl. The van der Waals surface area contributed by atoms with Gasteiger partial charge in [-0.05, 0) is 37.6 Å². The molecule has 3 rings (SSSR count). The zero-order chi connectivity index (χ0) is 18.0. The Morgan fingerprint density at radius 3 is 2.80 bits per heavy atom. The third-order valence-electron chi connectivity index (χ3n) is 4.32. The van der Waals surface area contributed by atoms with E-state index in [-0.39, 0.29) is 24.0 Å². The topological polar surface area (TPSA) is 47.6 Å². The maximum atomic E-state index is 12.5. The molecular weight excluding hydrogens is 338 g/mol. The Labute approximate surface area is 153 Å². The highest BCUT2D eigenvalue weighted by Crippen LogP contribution is 2.41. The number of rotatable bonds is 4.